The van der Waals surface area contributed by atoms with Crippen LogP contribution in [0.2, 0.25) is 5.02 Å². The molecule has 0 atom stereocenters. The summed E-state index contributed by atoms with van der Waals surface area (Å²) in [6, 6.07) is 17.0. The van der Waals surface area contributed by atoms with Gasteiger partial charge in [0.15, 0.2) is 0 Å². The first kappa shape index (κ1) is 26.4. The van der Waals surface area contributed by atoms with Gasteiger partial charge in [-0.05, 0) is 36.4 Å². The van der Waals surface area contributed by atoms with E-state index in [1.807, 2.05) is 60.8 Å². The Bertz CT molecular complexity index is 1540. The Morgan fingerprint density at radius 1 is 1.16 bits per heavy atom. The van der Waals surface area contributed by atoms with Crippen LogP contribution in [0, 0.1) is 11.3 Å². The summed E-state index contributed by atoms with van der Waals surface area (Å²) in [6.07, 6.45) is 4.32. The second-order valence-electron chi connectivity index (χ2n) is 8.72. The third-order valence-electron chi connectivity index (χ3n) is 6.42. The van der Waals surface area contributed by atoms with E-state index in [4.69, 9.17) is 26.9 Å². The number of aromatic nitrogens is 3. The molecule has 0 bridgehead atoms. The van der Waals surface area contributed by atoms with Gasteiger partial charge < -0.3 is 5.11 Å². The summed E-state index contributed by atoms with van der Waals surface area (Å²) in [4.78, 5) is 19.5. The molecule has 0 aliphatic carbocycles. The molecule has 4 aromatic rings. The van der Waals surface area contributed by atoms with Crippen LogP contribution in [-0.2, 0) is 13.1 Å². The van der Waals surface area contributed by atoms with Gasteiger partial charge in [0.1, 0.15) is 0 Å². The zero-order valence-electron chi connectivity index (χ0n) is 20.2. The van der Waals surface area contributed by atoms with Crippen LogP contribution in [0.1, 0.15) is 40.5 Å². The summed E-state index contributed by atoms with van der Waals surface area (Å²) in [5.74, 6) is -0.951. The van der Waals surface area contributed by atoms with Gasteiger partial charge in [-0.15, -0.1) is 12.4 Å². The zero-order chi connectivity index (χ0) is 25.2. The maximum atomic E-state index is 12.4. The summed E-state index contributed by atoms with van der Waals surface area (Å²) in [6.45, 7) is 4.47. The lowest BCUT2D eigenvalue weighted by Gasteiger charge is -2.30. The van der Waals surface area contributed by atoms with Crippen molar-refractivity contribution in [3.05, 3.63) is 82.1 Å². The molecule has 2 aromatic carbocycles. The highest BCUT2D eigenvalue weighted by Crippen LogP contribution is 2.35. The monoisotopic (exact) mass is 533 g/mol. The number of rotatable bonds is 6. The average Bonchev–Trinajstić information content (AvgIpc) is 3.28. The molecule has 188 valence electrons. The van der Waals surface area contributed by atoms with Gasteiger partial charge in [-0.25, -0.2) is 9.78 Å². The number of hydrogen-bond donors (Lipinski definition) is 1. The van der Waals surface area contributed by atoms with E-state index in [-0.39, 0.29) is 12.4 Å². The van der Waals surface area contributed by atoms with Gasteiger partial charge in [-0.3, -0.25) is 9.58 Å². The second kappa shape index (κ2) is 11.1. The molecule has 7 nitrogen and oxygen atoms in total. The standard InChI is InChI=1S/C28H24ClN5O2.ClH/c1-2-33-15-19(27-23(17-33)25(28(35)36)22-6-3-4-7-24(22)31-27)14-20-16-34(13-5-12-30)32-26(20)18-8-10-21(29)11-9-18;/h3-4,6-11,14,16H,2,5,13,15,17H2,1H3,(H,35,36);1H/b19-14-;. The molecule has 5 rings (SSSR count). The van der Waals surface area contributed by atoms with Crippen LogP contribution in [0.4, 0.5) is 0 Å². The third-order valence-corrected chi connectivity index (χ3v) is 6.68. The molecule has 1 aliphatic heterocycles. The van der Waals surface area contributed by atoms with Crippen LogP contribution >= 0.6 is 24.0 Å². The molecule has 0 radical (unpaired) electrons. The van der Waals surface area contributed by atoms with Gasteiger partial charge >= 0.3 is 5.97 Å². The lowest BCUT2D eigenvalue weighted by Crippen LogP contribution is -2.31. The van der Waals surface area contributed by atoms with Crippen molar-refractivity contribution >= 4 is 52.5 Å². The van der Waals surface area contributed by atoms with E-state index in [9.17, 15) is 9.90 Å². The molecule has 0 saturated carbocycles. The van der Waals surface area contributed by atoms with Gasteiger partial charge in [0.2, 0.25) is 0 Å². The van der Waals surface area contributed by atoms with Crippen molar-refractivity contribution in [3.63, 3.8) is 0 Å². The maximum absolute atomic E-state index is 12.4. The SMILES string of the molecule is CCN1C/C(=C/c2cn(CCC#N)nc2-c2ccc(Cl)cc2)c2nc3ccccc3c(C(=O)O)c2C1.Cl. The number of aromatic carboxylic acids is 1. The lowest BCUT2D eigenvalue weighted by atomic mass is 9.92. The molecule has 0 unspecified atom stereocenters. The number of carbonyl (C=O) groups is 1. The van der Waals surface area contributed by atoms with Crippen molar-refractivity contribution in [2.45, 2.75) is 26.4 Å². The third kappa shape index (κ3) is 5.23. The Balaban J connectivity index is 0.00000320. The van der Waals surface area contributed by atoms with Crippen LogP contribution in [-0.4, -0.2) is 43.8 Å². The van der Waals surface area contributed by atoms with Crippen LogP contribution in [0.15, 0.2) is 54.7 Å². The summed E-state index contributed by atoms with van der Waals surface area (Å²) >= 11 is 6.11. The molecule has 1 aliphatic rings. The van der Waals surface area contributed by atoms with Gasteiger partial charge in [-0.2, -0.15) is 10.4 Å². The molecular formula is C28H25Cl2N5O2. The summed E-state index contributed by atoms with van der Waals surface area (Å²) in [7, 11) is 0. The minimum absolute atomic E-state index is 0. The van der Waals surface area contributed by atoms with Gasteiger partial charge in [0.25, 0.3) is 0 Å². The molecule has 37 heavy (non-hydrogen) atoms. The predicted octanol–water partition coefficient (Wildman–Crippen LogP) is 6.16. The number of likely N-dealkylation sites (N-methyl/N-ethyl adjacent to an activating group) is 1. The summed E-state index contributed by atoms with van der Waals surface area (Å²) in [5, 5.41) is 25.3. The predicted molar refractivity (Wildman–Crippen MR) is 148 cm³/mol. The molecule has 0 amide bonds. The highest BCUT2D eigenvalue weighted by atomic mass is 35.5. The number of nitrogens with zero attached hydrogens (tertiary/aromatic N) is 5. The molecular weight excluding hydrogens is 509 g/mol. The normalized spacial score (nSPS) is 14.2. The Morgan fingerprint density at radius 3 is 2.62 bits per heavy atom. The Hall–Kier alpha value is -3.70. The largest absolute Gasteiger partial charge is 0.478 e. The topological polar surface area (TPSA) is 95.0 Å². The maximum Gasteiger partial charge on any atom is 0.336 e. The minimum Gasteiger partial charge on any atom is -0.478 e. The highest BCUT2D eigenvalue weighted by molar-refractivity contribution is 6.30. The molecule has 1 N–H and O–H groups in total. The van der Waals surface area contributed by atoms with Gasteiger partial charge in [0, 0.05) is 46.4 Å². The second-order valence-corrected chi connectivity index (χ2v) is 9.16. The average molecular weight is 534 g/mol. The number of para-hydroxylation sites is 1. The van der Waals surface area contributed by atoms with E-state index < -0.39 is 5.97 Å². The number of carboxylic acid groups (broad SMARTS) is 1. The van der Waals surface area contributed by atoms with Crippen LogP contribution in [0.25, 0.3) is 33.8 Å². The Morgan fingerprint density at radius 2 is 1.92 bits per heavy atom. The van der Waals surface area contributed by atoms with Crippen molar-refractivity contribution < 1.29 is 9.90 Å². The fourth-order valence-electron chi connectivity index (χ4n) is 4.69. The molecule has 9 heteroatoms. The molecule has 3 heterocycles. The fraction of sp³-hybridized carbons (Fsp3) is 0.214. The molecule has 0 spiro atoms. The Labute approximate surface area is 226 Å². The number of hydrogen-bond acceptors (Lipinski definition) is 5. The van der Waals surface area contributed by atoms with E-state index in [2.05, 4.69) is 17.9 Å². The van der Waals surface area contributed by atoms with Crippen LogP contribution in [0.3, 0.4) is 0 Å². The van der Waals surface area contributed by atoms with Crippen molar-refractivity contribution in [1.82, 2.24) is 19.7 Å². The first-order valence-electron chi connectivity index (χ1n) is 11.8. The number of nitriles is 1. The Kier molecular flexibility index (Phi) is 7.94. The van der Waals surface area contributed by atoms with E-state index in [1.54, 1.807) is 4.68 Å². The lowest BCUT2D eigenvalue weighted by molar-refractivity contribution is 0.0696. The number of carboxylic acids is 1. The van der Waals surface area contributed by atoms with Gasteiger partial charge in [-0.1, -0.05) is 48.9 Å². The van der Waals surface area contributed by atoms with Crippen molar-refractivity contribution in [3.8, 4) is 17.3 Å². The van der Waals surface area contributed by atoms with E-state index in [1.165, 1.54) is 0 Å². The van der Waals surface area contributed by atoms with Crippen molar-refractivity contribution in [2.75, 3.05) is 13.1 Å². The van der Waals surface area contributed by atoms with E-state index in [0.717, 1.165) is 34.5 Å². The minimum atomic E-state index is -0.951. The van der Waals surface area contributed by atoms with Crippen LogP contribution < -0.4 is 0 Å². The van der Waals surface area contributed by atoms with E-state index in [0.29, 0.717) is 53.2 Å². The van der Waals surface area contributed by atoms with Crippen molar-refractivity contribution in [2.24, 2.45) is 0 Å². The number of fused-ring (bicyclic) bond motifs is 2. The molecule has 2 aromatic heterocycles. The number of benzene rings is 2. The molecule has 0 fully saturated rings. The fourth-order valence-corrected chi connectivity index (χ4v) is 4.82. The quantitative estimate of drug-likeness (QED) is 0.318. The number of halogens is 2. The summed E-state index contributed by atoms with van der Waals surface area (Å²) < 4.78 is 1.78. The number of aryl methyl sites for hydroxylation is 1. The molecule has 0 saturated heterocycles. The highest BCUT2D eigenvalue weighted by Gasteiger charge is 2.28. The van der Waals surface area contributed by atoms with Gasteiger partial charge in [0.05, 0.1) is 41.5 Å². The number of pyridine rings is 1. The van der Waals surface area contributed by atoms with Crippen molar-refractivity contribution in [1.29, 1.82) is 5.26 Å². The smallest absolute Gasteiger partial charge is 0.336 e. The first-order chi connectivity index (χ1) is 17.5. The first-order valence-corrected chi connectivity index (χ1v) is 12.1. The van der Waals surface area contributed by atoms with E-state index >= 15 is 0 Å². The zero-order valence-corrected chi connectivity index (χ0v) is 21.8. The summed E-state index contributed by atoms with van der Waals surface area (Å²) in [5.41, 5.74) is 5.89. The van der Waals surface area contributed by atoms with Crippen LogP contribution in [0.5, 0.6) is 0 Å².